The van der Waals surface area contributed by atoms with Crippen LogP contribution in [0, 0.1) is 27.2 Å². The van der Waals surface area contributed by atoms with Crippen molar-refractivity contribution >= 4 is 22.8 Å². The topological polar surface area (TPSA) is 112 Å². The minimum atomic E-state index is -0.515. The molecule has 0 saturated heterocycles. The van der Waals surface area contributed by atoms with Crippen molar-refractivity contribution < 1.29 is 19.0 Å². The van der Waals surface area contributed by atoms with Crippen LogP contribution in [0.3, 0.4) is 0 Å². The lowest BCUT2D eigenvalue weighted by Gasteiger charge is -2.04. The van der Waals surface area contributed by atoms with Crippen molar-refractivity contribution in [2.75, 3.05) is 0 Å². The Hall–Kier alpha value is -4.40. The minimum Gasteiger partial charge on any atom is -0.290 e. The smallest absolute Gasteiger partial charge is 0.287 e. The molecule has 154 valence electrons. The average Bonchev–Trinajstić information content (AvgIpc) is 3.11. The van der Waals surface area contributed by atoms with E-state index in [-0.39, 0.29) is 23.7 Å². The van der Waals surface area contributed by atoms with E-state index in [1.165, 1.54) is 36.4 Å². The fourth-order valence-corrected chi connectivity index (χ4v) is 3.43. The van der Waals surface area contributed by atoms with E-state index in [1.54, 1.807) is 12.1 Å². The first-order valence-electron chi connectivity index (χ1n) is 9.37. The molecule has 0 unspecified atom stereocenters. The van der Waals surface area contributed by atoms with Gasteiger partial charge in [0.05, 0.1) is 16.0 Å². The number of pyridine rings is 1. The number of aromatic nitrogens is 2. The lowest BCUT2D eigenvalue weighted by molar-refractivity contribution is -0.510. The minimum absolute atomic E-state index is 0.00366. The normalized spacial score (nSPS) is 10.9. The predicted octanol–water partition coefficient (Wildman–Crippen LogP) is 3.90. The van der Waals surface area contributed by atoms with Crippen LogP contribution in [0.2, 0.25) is 0 Å². The summed E-state index contributed by atoms with van der Waals surface area (Å²) in [5.41, 5.74) is 3.51. The molecule has 0 atom stereocenters. The number of nitro benzene ring substituents is 2. The quantitative estimate of drug-likeness (QED) is 0.204. The third kappa shape index (κ3) is 3.88. The van der Waals surface area contributed by atoms with Gasteiger partial charge in [-0.05, 0) is 42.8 Å². The molecule has 2 aromatic heterocycles. The summed E-state index contributed by atoms with van der Waals surface area (Å²) in [4.78, 5) is 33.8. The summed E-state index contributed by atoms with van der Waals surface area (Å²) >= 11 is 0. The number of fused-ring (bicyclic) bond motifs is 1. The summed E-state index contributed by atoms with van der Waals surface area (Å²) in [5, 5.41) is 21.8. The maximum atomic E-state index is 12.9. The molecule has 31 heavy (non-hydrogen) atoms. The van der Waals surface area contributed by atoms with Crippen LogP contribution in [0.25, 0.3) is 16.9 Å². The Bertz CT molecular complexity index is 1320. The summed E-state index contributed by atoms with van der Waals surface area (Å²) in [5.74, 6) is -0.211. The van der Waals surface area contributed by atoms with Crippen molar-refractivity contribution in [3.63, 3.8) is 0 Å². The summed E-state index contributed by atoms with van der Waals surface area (Å²) in [6, 6.07) is 15.4. The van der Waals surface area contributed by atoms with Crippen LogP contribution in [0.15, 0.2) is 73.1 Å². The van der Waals surface area contributed by atoms with E-state index in [0.717, 1.165) is 22.5 Å². The molecule has 0 aliphatic rings. The highest BCUT2D eigenvalue weighted by Crippen LogP contribution is 2.24. The number of benzene rings is 2. The van der Waals surface area contributed by atoms with Crippen LogP contribution in [-0.2, 0) is 6.54 Å². The molecular weight excluding hydrogens is 400 g/mol. The second-order valence-corrected chi connectivity index (χ2v) is 7.10. The standard InChI is InChI=1S/C22H17N4O5/c1-15-2-11-22-23(12-15)13-20(16-3-7-18(8-4-16)25(28)29)24(22)14-21(27)17-5-9-19(10-6-17)26(30)31/h2-13H,14H2,1H3/q+1. The molecule has 0 spiro atoms. The van der Waals surface area contributed by atoms with Crippen molar-refractivity contribution in [3.8, 4) is 11.3 Å². The number of Topliss-reactive ketones (excluding diaryl/α,β-unsaturated/α-hetero) is 1. The molecule has 0 aliphatic carbocycles. The fourth-order valence-electron chi connectivity index (χ4n) is 3.43. The lowest BCUT2D eigenvalue weighted by atomic mass is 10.1. The Labute approximate surface area is 176 Å². The number of hydrogen-bond acceptors (Lipinski definition) is 5. The van der Waals surface area contributed by atoms with Crippen LogP contribution in [0.4, 0.5) is 11.4 Å². The number of ketones is 1. The van der Waals surface area contributed by atoms with E-state index in [9.17, 15) is 25.0 Å². The van der Waals surface area contributed by atoms with Crippen molar-refractivity contribution in [2.45, 2.75) is 13.5 Å². The molecule has 4 rings (SSSR count). The number of carbonyl (C=O) groups is 1. The van der Waals surface area contributed by atoms with Gasteiger partial charge in [-0.3, -0.25) is 25.0 Å². The van der Waals surface area contributed by atoms with Crippen molar-refractivity contribution in [3.05, 3.63) is 104 Å². The maximum Gasteiger partial charge on any atom is 0.287 e. The van der Waals surface area contributed by atoms with E-state index >= 15 is 0 Å². The van der Waals surface area contributed by atoms with Gasteiger partial charge in [0.15, 0.2) is 12.2 Å². The van der Waals surface area contributed by atoms with Gasteiger partial charge < -0.3 is 0 Å². The summed E-state index contributed by atoms with van der Waals surface area (Å²) in [6.45, 7) is 1.96. The van der Waals surface area contributed by atoms with E-state index < -0.39 is 9.85 Å². The predicted molar refractivity (Wildman–Crippen MR) is 112 cm³/mol. The Kier molecular flexibility index (Phi) is 5.00. The molecule has 0 amide bonds. The van der Waals surface area contributed by atoms with Crippen molar-refractivity contribution in [1.29, 1.82) is 0 Å². The second kappa shape index (κ2) is 7.79. The molecule has 0 radical (unpaired) electrons. The number of nitrogens with zero attached hydrogens (tertiary/aromatic N) is 4. The van der Waals surface area contributed by atoms with Gasteiger partial charge in [-0.25, -0.2) is 8.97 Å². The fraction of sp³-hybridized carbons (Fsp3) is 0.0909. The Morgan fingerprint density at radius 2 is 1.45 bits per heavy atom. The van der Waals surface area contributed by atoms with Crippen molar-refractivity contribution in [1.82, 2.24) is 4.57 Å². The SMILES string of the molecule is Cc1ccc2n(CC(=O)c3ccc([N+](=O)[O-])cc3)c(-c3ccc([N+](=O)[O-])cc3)c[n+]2c1. The highest BCUT2D eigenvalue weighted by molar-refractivity contribution is 5.96. The number of rotatable bonds is 6. The van der Waals surface area contributed by atoms with Crippen LogP contribution in [0.5, 0.6) is 0 Å². The zero-order valence-corrected chi connectivity index (χ0v) is 16.5. The number of hydrogen-bond donors (Lipinski definition) is 0. The van der Waals surface area contributed by atoms with E-state index in [2.05, 4.69) is 0 Å². The molecule has 0 saturated carbocycles. The molecule has 9 nitrogen and oxygen atoms in total. The highest BCUT2D eigenvalue weighted by Gasteiger charge is 2.23. The van der Waals surface area contributed by atoms with Crippen LogP contribution >= 0.6 is 0 Å². The number of imidazole rings is 1. The van der Waals surface area contributed by atoms with E-state index in [0.29, 0.717) is 5.56 Å². The molecule has 0 aliphatic heterocycles. The van der Waals surface area contributed by atoms with Gasteiger partial charge in [0.25, 0.3) is 17.0 Å². The third-order valence-corrected chi connectivity index (χ3v) is 5.01. The van der Waals surface area contributed by atoms with Gasteiger partial charge in [-0.15, -0.1) is 0 Å². The Balaban J connectivity index is 1.76. The first-order valence-corrected chi connectivity index (χ1v) is 9.37. The lowest BCUT2D eigenvalue weighted by Crippen LogP contribution is -2.20. The van der Waals surface area contributed by atoms with Crippen molar-refractivity contribution in [2.24, 2.45) is 0 Å². The molecule has 2 aromatic carbocycles. The average molecular weight is 417 g/mol. The van der Waals surface area contributed by atoms with Gasteiger partial charge >= 0.3 is 0 Å². The molecule has 0 bridgehead atoms. The maximum absolute atomic E-state index is 12.9. The molecule has 0 N–H and O–H groups in total. The van der Waals surface area contributed by atoms with Crippen LogP contribution in [0.1, 0.15) is 15.9 Å². The Morgan fingerprint density at radius 3 is 2.03 bits per heavy atom. The zero-order chi connectivity index (χ0) is 22.1. The largest absolute Gasteiger partial charge is 0.290 e. The van der Waals surface area contributed by atoms with Gasteiger partial charge in [0, 0.05) is 41.5 Å². The summed E-state index contributed by atoms with van der Waals surface area (Å²) < 4.78 is 3.72. The number of nitro groups is 2. The summed E-state index contributed by atoms with van der Waals surface area (Å²) in [6.07, 6.45) is 3.80. The first kappa shape index (κ1) is 19.9. The third-order valence-electron chi connectivity index (χ3n) is 5.01. The van der Waals surface area contributed by atoms with E-state index in [4.69, 9.17) is 0 Å². The van der Waals surface area contributed by atoms with Crippen LogP contribution in [-0.4, -0.2) is 20.2 Å². The van der Waals surface area contributed by atoms with Crippen LogP contribution < -0.4 is 4.40 Å². The molecule has 2 heterocycles. The second-order valence-electron chi connectivity index (χ2n) is 7.10. The number of aryl methyl sites for hydroxylation is 1. The molecular formula is C22H17N4O5+. The van der Waals surface area contributed by atoms with Gasteiger partial charge in [0.2, 0.25) is 5.78 Å². The molecule has 9 heteroatoms. The number of carbonyl (C=O) groups excluding carboxylic acids is 1. The number of non-ortho nitro benzene ring substituents is 2. The van der Waals surface area contributed by atoms with Gasteiger partial charge in [0.1, 0.15) is 6.20 Å². The first-order chi connectivity index (χ1) is 14.8. The highest BCUT2D eigenvalue weighted by atomic mass is 16.6. The monoisotopic (exact) mass is 417 g/mol. The van der Waals surface area contributed by atoms with E-state index in [1.807, 2.05) is 40.4 Å². The van der Waals surface area contributed by atoms with Gasteiger partial charge in [-0.2, -0.15) is 0 Å². The molecule has 4 aromatic rings. The Morgan fingerprint density at radius 1 is 0.871 bits per heavy atom. The zero-order valence-electron chi connectivity index (χ0n) is 16.5. The summed E-state index contributed by atoms with van der Waals surface area (Å²) in [7, 11) is 0. The molecule has 0 fully saturated rings. The van der Waals surface area contributed by atoms with Gasteiger partial charge in [-0.1, -0.05) is 0 Å².